The molecule has 1 N–H and O–H groups in total. The van der Waals surface area contributed by atoms with Gasteiger partial charge in [-0.05, 0) is 36.8 Å². The van der Waals surface area contributed by atoms with Gasteiger partial charge in [-0.2, -0.15) is 18.6 Å². The molecule has 0 radical (unpaired) electrons. The molecule has 3 rings (SSSR count). The lowest BCUT2D eigenvalue weighted by Crippen LogP contribution is -2.32. The van der Waals surface area contributed by atoms with Gasteiger partial charge in [-0.3, -0.25) is 9.48 Å². The Labute approximate surface area is 150 Å². The molecule has 0 aliphatic rings. The summed E-state index contributed by atoms with van der Waals surface area (Å²) in [5.74, 6) is -0.260. The summed E-state index contributed by atoms with van der Waals surface area (Å²) in [5, 5.41) is 7.82. The molecule has 0 atom stereocenters. The number of carbonyl (C=O) groups is 1. The number of benzene rings is 1. The quantitative estimate of drug-likeness (QED) is 0.714. The Morgan fingerprint density at radius 2 is 2.00 bits per heavy atom. The molecule has 1 amide bonds. The number of ether oxygens (including phenoxy) is 1. The molecule has 2 aromatic heterocycles. The smallest absolute Gasteiger partial charge is 0.285 e. The number of hydrogen-bond donors (Lipinski definition) is 1. The summed E-state index contributed by atoms with van der Waals surface area (Å²) in [5.41, 5.74) is 1.58. The molecule has 26 heavy (non-hydrogen) atoms. The Bertz CT molecular complexity index is 1070. The number of nitrogens with one attached hydrogen (secondary N) is 1. The lowest BCUT2D eigenvalue weighted by atomic mass is 10.2. The molecule has 0 aliphatic carbocycles. The molecule has 9 nitrogen and oxygen atoms in total. The Morgan fingerprint density at radius 3 is 2.65 bits per heavy atom. The van der Waals surface area contributed by atoms with Crippen molar-refractivity contribution in [1.29, 1.82) is 0 Å². The van der Waals surface area contributed by atoms with Crippen LogP contribution in [-0.2, 0) is 17.1 Å². The number of hydrogen-bond acceptors (Lipinski definition) is 6. The first-order chi connectivity index (χ1) is 12.3. The van der Waals surface area contributed by atoms with Crippen LogP contribution in [0.1, 0.15) is 16.1 Å². The SMILES string of the molecule is COc1ccc(C)cc1-n1ccc(C(=O)NS(=O)(=O)c2ccnn2C)n1. The number of sulfonamides is 1. The average Bonchev–Trinajstić information content (AvgIpc) is 3.23. The summed E-state index contributed by atoms with van der Waals surface area (Å²) in [7, 11) is -1.04. The van der Waals surface area contributed by atoms with Crippen molar-refractivity contribution in [3.05, 3.63) is 54.0 Å². The monoisotopic (exact) mass is 375 g/mol. The van der Waals surface area contributed by atoms with Gasteiger partial charge in [0.1, 0.15) is 11.4 Å². The van der Waals surface area contributed by atoms with Crippen LogP contribution in [0.15, 0.2) is 47.8 Å². The summed E-state index contributed by atoms with van der Waals surface area (Å²) in [6.45, 7) is 1.92. The molecule has 0 saturated carbocycles. The molecule has 0 aliphatic heterocycles. The second-order valence-corrected chi connectivity index (χ2v) is 7.18. The third-order valence-corrected chi connectivity index (χ3v) is 5.09. The van der Waals surface area contributed by atoms with Crippen LogP contribution in [0.25, 0.3) is 5.69 Å². The van der Waals surface area contributed by atoms with E-state index in [2.05, 4.69) is 10.2 Å². The van der Waals surface area contributed by atoms with Crippen LogP contribution in [0.5, 0.6) is 5.75 Å². The van der Waals surface area contributed by atoms with Crippen molar-refractivity contribution in [3.63, 3.8) is 0 Å². The van der Waals surface area contributed by atoms with Gasteiger partial charge in [0.2, 0.25) is 0 Å². The minimum Gasteiger partial charge on any atom is -0.494 e. The summed E-state index contributed by atoms with van der Waals surface area (Å²) in [4.78, 5) is 12.3. The van der Waals surface area contributed by atoms with Gasteiger partial charge in [-0.25, -0.2) is 9.40 Å². The Morgan fingerprint density at radius 1 is 1.23 bits per heavy atom. The maximum atomic E-state index is 12.3. The van der Waals surface area contributed by atoms with E-state index in [-0.39, 0.29) is 10.7 Å². The molecule has 3 aromatic rings. The fraction of sp³-hybridized carbons (Fsp3) is 0.188. The maximum absolute atomic E-state index is 12.3. The normalized spacial score (nSPS) is 11.3. The zero-order chi connectivity index (χ0) is 18.9. The van der Waals surface area contributed by atoms with E-state index in [1.54, 1.807) is 12.3 Å². The second kappa shape index (κ2) is 6.64. The number of rotatable bonds is 5. The molecule has 0 fully saturated rings. The van der Waals surface area contributed by atoms with Crippen molar-refractivity contribution in [2.75, 3.05) is 7.11 Å². The largest absolute Gasteiger partial charge is 0.494 e. The molecule has 0 saturated heterocycles. The van der Waals surface area contributed by atoms with E-state index in [9.17, 15) is 13.2 Å². The summed E-state index contributed by atoms with van der Waals surface area (Å²) < 4.78 is 34.4. The summed E-state index contributed by atoms with van der Waals surface area (Å²) in [6.07, 6.45) is 2.89. The lowest BCUT2D eigenvalue weighted by Gasteiger charge is -2.09. The highest BCUT2D eigenvalue weighted by atomic mass is 32.2. The Balaban J connectivity index is 1.88. The molecule has 0 spiro atoms. The Hall–Kier alpha value is -3.14. The fourth-order valence-electron chi connectivity index (χ4n) is 2.41. The van der Waals surface area contributed by atoms with Gasteiger partial charge in [0, 0.05) is 13.2 Å². The van der Waals surface area contributed by atoms with Gasteiger partial charge in [0.15, 0.2) is 10.7 Å². The summed E-state index contributed by atoms with van der Waals surface area (Å²) >= 11 is 0. The van der Waals surface area contributed by atoms with Crippen LogP contribution in [-0.4, -0.2) is 41.0 Å². The second-order valence-electron chi connectivity index (χ2n) is 5.55. The van der Waals surface area contributed by atoms with Crippen LogP contribution in [0.4, 0.5) is 0 Å². The van der Waals surface area contributed by atoms with Gasteiger partial charge in [0.25, 0.3) is 15.9 Å². The molecule has 1 aromatic carbocycles. The van der Waals surface area contributed by atoms with Crippen LogP contribution in [0.3, 0.4) is 0 Å². The minimum absolute atomic E-state index is 0.0423. The van der Waals surface area contributed by atoms with Gasteiger partial charge in [-0.15, -0.1) is 0 Å². The number of carbonyl (C=O) groups excluding carboxylic acids is 1. The lowest BCUT2D eigenvalue weighted by molar-refractivity contribution is 0.0976. The topological polar surface area (TPSA) is 108 Å². The Kier molecular flexibility index (Phi) is 4.51. The van der Waals surface area contributed by atoms with E-state index in [1.807, 2.05) is 23.8 Å². The molecular formula is C16H17N5O4S. The van der Waals surface area contributed by atoms with E-state index in [1.165, 1.54) is 37.2 Å². The van der Waals surface area contributed by atoms with Crippen molar-refractivity contribution in [1.82, 2.24) is 24.3 Å². The average molecular weight is 375 g/mol. The zero-order valence-electron chi connectivity index (χ0n) is 14.4. The van der Waals surface area contributed by atoms with Gasteiger partial charge >= 0.3 is 0 Å². The third-order valence-electron chi connectivity index (χ3n) is 3.68. The van der Waals surface area contributed by atoms with E-state index in [4.69, 9.17) is 4.74 Å². The summed E-state index contributed by atoms with van der Waals surface area (Å²) in [6, 6.07) is 8.25. The predicted molar refractivity (Wildman–Crippen MR) is 92.7 cm³/mol. The molecule has 10 heteroatoms. The maximum Gasteiger partial charge on any atom is 0.285 e. The van der Waals surface area contributed by atoms with Crippen LogP contribution in [0, 0.1) is 6.92 Å². The molecular weight excluding hydrogens is 358 g/mol. The predicted octanol–water partition coefficient (Wildman–Crippen LogP) is 1.04. The fourth-order valence-corrected chi connectivity index (χ4v) is 3.50. The van der Waals surface area contributed by atoms with E-state index in [0.29, 0.717) is 11.4 Å². The van der Waals surface area contributed by atoms with Crippen molar-refractivity contribution >= 4 is 15.9 Å². The van der Waals surface area contributed by atoms with E-state index >= 15 is 0 Å². The first-order valence-corrected chi connectivity index (χ1v) is 9.06. The highest BCUT2D eigenvalue weighted by Crippen LogP contribution is 2.23. The molecule has 136 valence electrons. The standard InChI is InChI=1S/C16H17N5O4S/c1-11-4-5-14(25-3)13(10-11)21-9-7-12(18-21)16(22)19-26(23,24)15-6-8-17-20(15)2/h4-10H,1-3H3,(H,19,22). The molecule has 0 bridgehead atoms. The van der Waals surface area contributed by atoms with Gasteiger partial charge in [0.05, 0.1) is 13.3 Å². The number of aromatic nitrogens is 4. The van der Waals surface area contributed by atoms with Gasteiger partial charge in [-0.1, -0.05) is 6.07 Å². The van der Waals surface area contributed by atoms with Crippen molar-refractivity contribution in [2.45, 2.75) is 11.9 Å². The highest BCUT2D eigenvalue weighted by Gasteiger charge is 2.23. The first kappa shape index (κ1) is 17.7. The molecule has 0 unspecified atom stereocenters. The van der Waals surface area contributed by atoms with Crippen molar-refractivity contribution in [3.8, 4) is 11.4 Å². The van der Waals surface area contributed by atoms with Crippen molar-refractivity contribution < 1.29 is 17.9 Å². The zero-order valence-corrected chi connectivity index (χ0v) is 15.2. The minimum atomic E-state index is -4.04. The highest BCUT2D eigenvalue weighted by molar-refractivity contribution is 7.90. The first-order valence-electron chi connectivity index (χ1n) is 7.57. The number of aryl methyl sites for hydroxylation is 2. The number of nitrogens with zero attached hydrogens (tertiary/aromatic N) is 4. The van der Waals surface area contributed by atoms with E-state index < -0.39 is 15.9 Å². The number of amides is 1. The number of methoxy groups -OCH3 is 1. The van der Waals surface area contributed by atoms with Crippen LogP contribution in [0.2, 0.25) is 0 Å². The van der Waals surface area contributed by atoms with Gasteiger partial charge < -0.3 is 4.74 Å². The van der Waals surface area contributed by atoms with Crippen molar-refractivity contribution in [2.24, 2.45) is 7.05 Å². The van der Waals surface area contributed by atoms with E-state index in [0.717, 1.165) is 10.2 Å². The van der Waals surface area contributed by atoms with Crippen LogP contribution < -0.4 is 9.46 Å². The van der Waals surface area contributed by atoms with Crippen LogP contribution >= 0.6 is 0 Å². The molecule has 2 heterocycles. The third kappa shape index (κ3) is 3.31.